The molecule has 0 spiro atoms. The number of carbonyl (C=O) groups is 3. The van der Waals surface area contributed by atoms with Gasteiger partial charge in [0, 0.05) is 12.1 Å². The Bertz CT molecular complexity index is 1060. The third kappa shape index (κ3) is 5.27. The highest BCUT2D eigenvalue weighted by atomic mass is 16.5. The quantitative estimate of drug-likeness (QED) is 0.179. The number of carbonyl (C=O) groups excluding carboxylic acids is 3. The lowest BCUT2D eigenvalue weighted by Gasteiger charge is -2.25. The molecule has 34 heavy (non-hydrogen) atoms. The summed E-state index contributed by atoms with van der Waals surface area (Å²) in [5, 5.41) is 20.0. The Kier molecular flexibility index (Phi) is 8.39. The predicted octanol–water partition coefficient (Wildman–Crippen LogP) is 2.30. The van der Waals surface area contributed by atoms with Crippen molar-refractivity contribution in [1.29, 1.82) is 0 Å². The summed E-state index contributed by atoms with van der Waals surface area (Å²) in [7, 11) is 1.27. The number of rotatable bonds is 10. The van der Waals surface area contributed by atoms with E-state index in [9.17, 15) is 19.5 Å². The van der Waals surface area contributed by atoms with Crippen molar-refractivity contribution in [2.45, 2.75) is 13.0 Å². The van der Waals surface area contributed by atoms with Crippen molar-refractivity contribution in [2.75, 3.05) is 40.1 Å². The van der Waals surface area contributed by atoms with E-state index in [1.54, 1.807) is 36.4 Å². The number of ether oxygens (including phenoxy) is 3. The molecule has 0 saturated carbocycles. The molecule has 180 valence electrons. The highest BCUT2D eigenvalue weighted by Gasteiger charge is 2.45. The second-order valence-corrected chi connectivity index (χ2v) is 7.40. The van der Waals surface area contributed by atoms with Crippen LogP contribution in [0.15, 0.2) is 54.1 Å². The van der Waals surface area contributed by atoms with Crippen LogP contribution < -0.4 is 4.74 Å². The van der Waals surface area contributed by atoms with Gasteiger partial charge in [-0.15, -0.1) is 0 Å². The van der Waals surface area contributed by atoms with E-state index in [1.807, 2.05) is 6.92 Å². The lowest BCUT2D eigenvalue weighted by atomic mass is 9.94. The lowest BCUT2D eigenvalue weighted by molar-refractivity contribution is -0.140. The number of aliphatic hydroxyl groups excluding tert-OH is 2. The first kappa shape index (κ1) is 24.9. The van der Waals surface area contributed by atoms with Gasteiger partial charge in [0.15, 0.2) is 0 Å². The average molecular weight is 469 g/mol. The molecule has 0 aromatic heterocycles. The second kappa shape index (κ2) is 11.4. The second-order valence-electron chi connectivity index (χ2n) is 7.40. The van der Waals surface area contributed by atoms with Gasteiger partial charge in [-0.2, -0.15) is 0 Å². The number of hydrogen-bond acceptors (Lipinski definition) is 8. The molecule has 1 fully saturated rings. The van der Waals surface area contributed by atoms with E-state index in [0.29, 0.717) is 29.0 Å². The molecule has 2 aromatic carbocycles. The van der Waals surface area contributed by atoms with Gasteiger partial charge in [0.2, 0.25) is 0 Å². The Morgan fingerprint density at radius 2 is 1.65 bits per heavy atom. The van der Waals surface area contributed by atoms with E-state index in [-0.39, 0.29) is 37.7 Å². The van der Waals surface area contributed by atoms with Gasteiger partial charge >= 0.3 is 5.97 Å². The highest BCUT2D eigenvalue weighted by molar-refractivity contribution is 6.46. The molecule has 0 radical (unpaired) electrons. The van der Waals surface area contributed by atoms with Crippen LogP contribution in [0.25, 0.3) is 5.76 Å². The number of Topliss-reactive ketones (excluding diaryl/α,β-unsaturated/α-hetero) is 1. The SMILES string of the molecule is CCOc1ccc(/C(O)=C2\C(=O)C(=O)N(CCOCCO)[C@H]2c2ccc(C(=O)OC)cc2)cc1. The van der Waals surface area contributed by atoms with Crippen LogP contribution in [0.2, 0.25) is 0 Å². The molecule has 2 N–H and O–H groups in total. The van der Waals surface area contributed by atoms with Crippen LogP contribution in [0.3, 0.4) is 0 Å². The van der Waals surface area contributed by atoms with Gasteiger partial charge in [0.1, 0.15) is 11.5 Å². The molecule has 2 aromatic rings. The number of methoxy groups -OCH3 is 1. The molecule has 9 nitrogen and oxygen atoms in total. The van der Waals surface area contributed by atoms with Crippen molar-refractivity contribution in [1.82, 2.24) is 4.90 Å². The maximum atomic E-state index is 13.0. The molecule has 1 atom stereocenters. The van der Waals surface area contributed by atoms with Crippen molar-refractivity contribution >= 4 is 23.4 Å². The van der Waals surface area contributed by atoms with Crippen LogP contribution >= 0.6 is 0 Å². The molecule has 0 aliphatic carbocycles. The summed E-state index contributed by atoms with van der Waals surface area (Å²) in [5.74, 6) is -1.83. The lowest BCUT2D eigenvalue weighted by Crippen LogP contribution is -2.33. The smallest absolute Gasteiger partial charge is 0.337 e. The Balaban J connectivity index is 2.04. The van der Waals surface area contributed by atoms with Crippen LogP contribution in [0.5, 0.6) is 5.75 Å². The first-order valence-electron chi connectivity index (χ1n) is 10.8. The standard InChI is InChI=1S/C25H27NO8/c1-3-34-19-10-8-17(9-11-19)22(28)20-21(16-4-6-18(7-5-16)25(31)32-2)26(24(30)23(20)29)12-14-33-15-13-27/h4-11,21,27-28H,3,12-15H2,1-2H3/b22-20+/t21-/m0/s1. The van der Waals surface area contributed by atoms with E-state index in [4.69, 9.17) is 19.3 Å². The molecule has 1 saturated heterocycles. The topological polar surface area (TPSA) is 123 Å². The van der Waals surface area contributed by atoms with Gasteiger partial charge in [-0.3, -0.25) is 9.59 Å². The van der Waals surface area contributed by atoms with Gasteiger partial charge in [0.25, 0.3) is 11.7 Å². The average Bonchev–Trinajstić information content (AvgIpc) is 3.11. The summed E-state index contributed by atoms with van der Waals surface area (Å²) >= 11 is 0. The molecule has 1 aliphatic heterocycles. The van der Waals surface area contributed by atoms with E-state index >= 15 is 0 Å². The zero-order valence-electron chi connectivity index (χ0n) is 19.0. The monoisotopic (exact) mass is 469 g/mol. The summed E-state index contributed by atoms with van der Waals surface area (Å²) < 4.78 is 15.4. The maximum absolute atomic E-state index is 13.0. The molecule has 1 heterocycles. The first-order valence-corrected chi connectivity index (χ1v) is 10.8. The fraction of sp³-hybridized carbons (Fsp3) is 0.320. The van der Waals surface area contributed by atoms with Gasteiger partial charge in [-0.05, 0) is 48.9 Å². The molecule has 9 heteroatoms. The van der Waals surface area contributed by atoms with E-state index < -0.39 is 23.7 Å². The van der Waals surface area contributed by atoms with Gasteiger partial charge < -0.3 is 29.3 Å². The number of hydrogen-bond donors (Lipinski definition) is 2. The zero-order chi connectivity index (χ0) is 24.7. The van der Waals surface area contributed by atoms with Gasteiger partial charge in [-0.1, -0.05) is 12.1 Å². The maximum Gasteiger partial charge on any atom is 0.337 e. The van der Waals surface area contributed by atoms with Gasteiger partial charge in [-0.25, -0.2) is 4.79 Å². The van der Waals surface area contributed by atoms with Crippen molar-refractivity contribution in [3.8, 4) is 5.75 Å². The third-order valence-electron chi connectivity index (χ3n) is 5.34. The number of aliphatic hydroxyl groups is 2. The fourth-order valence-corrected chi connectivity index (χ4v) is 3.74. The molecule has 1 amide bonds. The Hall–Kier alpha value is -3.69. The Morgan fingerprint density at radius 1 is 1.00 bits per heavy atom. The summed E-state index contributed by atoms with van der Waals surface area (Å²) in [5.41, 5.74) is 1.12. The van der Waals surface area contributed by atoms with Crippen molar-refractivity contribution < 1.29 is 38.8 Å². The van der Waals surface area contributed by atoms with Gasteiger partial charge in [0.05, 0.1) is 50.7 Å². The summed E-state index contributed by atoms with van der Waals surface area (Å²) in [6, 6.07) is 11.9. The van der Waals surface area contributed by atoms with Crippen molar-refractivity contribution in [2.24, 2.45) is 0 Å². The number of ketones is 1. The number of nitrogens with zero attached hydrogens (tertiary/aromatic N) is 1. The first-order chi connectivity index (χ1) is 16.4. The predicted molar refractivity (Wildman–Crippen MR) is 122 cm³/mol. The summed E-state index contributed by atoms with van der Waals surface area (Å²) in [6.07, 6.45) is 0. The Morgan fingerprint density at radius 3 is 2.24 bits per heavy atom. The van der Waals surface area contributed by atoms with E-state index in [0.717, 1.165) is 0 Å². The molecule has 1 aliphatic rings. The third-order valence-corrected chi connectivity index (χ3v) is 5.34. The number of amides is 1. The molecule has 0 bridgehead atoms. The molecule has 0 unspecified atom stereocenters. The van der Waals surface area contributed by atoms with Crippen LogP contribution in [0, 0.1) is 0 Å². The largest absolute Gasteiger partial charge is 0.507 e. The van der Waals surface area contributed by atoms with Crippen LogP contribution in [0.1, 0.15) is 34.5 Å². The number of likely N-dealkylation sites (tertiary alicyclic amines) is 1. The van der Waals surface area contributed by atoms with Crippen LogP contribution in [0.4, 0.5) is 0 Å². The normalized spacial score (nSPS) is 17.1. The van der Waals surface area contributed by atoms with E-state index in [2.05, 4.69) is 0 Å². The molecule has 3 rings (SSSR count). The minimum atomic E-state index is -0.893. The van der Waals surface area contributed by atoms with Crippen molar-refractivity contribution in [3.63, 3.8) is 0 Å². The fourth-order valence-electron chi connectivity index (χ4n) is 3.74. The minimum Gasteiger partial charge on any atom is -0.507 e. The van der Waals surface area contributed by atoms with E-state index in [1.165, 1.54) is 24.1 Å². The zero-order valence-corrected chi connectivity index (χ0v) is 19.0. The highest BCUT2D eigenvalue weighted by Crippen LogP contribution is 2.39. The van der Waals surface area contributed by atoms with Crippen molar-refractivity contribution in [3.05, 3.63) is 70.8 Å². The Labute approximate surface area is 197 Å². The summed E-state index contributed by atoms with van der Waals surface area (Å²) in [6.45, 7) is 2.41. The number of benzene rings is 2. The minimum absolute atomic E-state index is 0.0635. The summed E-state index contributed by atoms with van der Waals surface area (Å²) in [4.78, 5) is 39.0. The molecular weight excluding hydrogens is 442 g/mol. The number of esters is 1. The van der Waals surface area contributed by atoms with Crippen LogP contribution in [-0.2, 0) is 19.1 Å². The molecular formula is C25H27NO8. The van der Waals surface area contributed by atoms with Crippen LogP contribution in [-0.4, -0.2) is 72.9 Å².